The van der Waals surface area contributed by atoms with Crippen molar-refractivity contribution in [3.8, 4) is 5.88 Å². The molecule has 5 heteroatoms. The van der Waals surface area contributed by atoms with Gasteiger partial charge in [0.2, 0.25) is 0 Å². The maximum absolute atomic E-state index is 5.85. The molecule has 0 radical (unpaired) electrons. The highest BCUT2D eigenvalue weighted by Crippen LogP contribution is 2.30. The summed E-state index contributed by atoms with van der Waals surface area (Å²) in [5, 5.41) is 11.3. The van der Waals surface area contributed by atoms with Gasteiger partial charge in [-0.2, -0.15) is 0 Å². The highest BCUT2D eigenvalue weighted by molar-refractivity contribution is 5.03. The lowest BCUT2D eigenvalue weighted by molar-refractivity contribution is 0.0520. The van der Waals surface area contributed by atoms with E-state index >= 15 is 0 Å². The fraction of sp³-hybridized carbons (Fsp3) is 0.750. The van der Waals surface area contributed by atoms with Crippen LogP contribution in [0.4, 0.5) is 0 Å². The molecule has 1 N–H and O–H groups in total. The maximum atomic E-state index is 5.85. The lowest BCUT2D eigenvalue weighted by Crippen LogP contribution is -2.60. The normalized spacial score (nSPS) is 23.3. The molecule has 1 aliphatic rings. The van der Waals surface area contributed by atoms with Gasteiger partial charge < -0.3 is 10.1 Å². The van der Waals surface area contributed by atoms with Crippen molar-refractivity contribution >= 4 is 0 Å². The molecule has 0 atom stereocenters. The molecule has 17 heavy (non-hydrogen) atoms. The Morgan fingerprint density at radius 1 is 1.24 bits per heavy atom. The summed E-state index contributed by atoms with van der Waals surface area (Å²) in [4.78, 5) is 3.91. The van der Waals surface area contributed by atoms with Crippen molar-refractivity contribution in [2.45, 2.75) is 57.7 Å². The first kappa shape index (κ1) is 12.2. The first-order valence-electron chi connectivity index (χ1n) is 5.95. The fourth-order valence-electron chi connectivity index (χ4n) is 2.77. The van der Waals surface area contributed by atoms with Gasteiger partial charge in [-0.1, -0.05) is 0 Å². The quantitative estimate of drug-likeness (QED) is 0.844. The van der Waals surface area contributed by atoms with Crippen LogP contribution in [-0.2, 0) is 0 Å². The van der Waals surface area contributed by atoms with Crippen molar-refractivity contribution in [3.05, 3.63) is 12.5 Å². The molecule has 0 aliphatic carbocycles. The third kappa shape index (κ3) is 3.36. The van der Waals surface area contributed by atoms with Gasteiger partial charge in [-0.15, -0.1) is 10.2 Å². The van der Waals surface area contributed by atoms with Gasteiger partial charge in [-0.25, -0.2) is 4.98 Å². The molecule has 0 aromatic carbocycles. The highest BCUT2D eigenvalue weighted by atomic mass is 16.5. The zero-order valence-electron chi connectivity index (χ0n) is 10.9. The van der Waals surface area contributed by atoms with Crippen LogP contribution in [0.25, 0.3) is 0 Å². The SMILES string of the molecule is CC1(C)CC(Oc2cncnn2)CC(C)(C)N1. The van der Waals surface area contributed by atoms with Crippen LogP contribution in [0.5, 0.6) is 5.88 Å². The zero-order valence-corrected chi connectivity index (χ0v) is 10.9. The van der Waals surface area contributed by atoms with Crippen LogP contribution in [0.3, 0.4) is 0 Å². The number of nitrogens with zero attached hydrogens (tertiary/aromatic N) is 3. The molecule has 1 fully saturated rings. The van der Waals surface area contributed by atoms with E-state index in [1.807, 2.05) is 0 Å². The lowest BCUT2D eigenvalue weighted by Gasteiger charge is -2.45. The Balaban J connectivity index is 2.06. The molecule has 1 aromatic rings. The Hall–Kier alpha value is -1.23. The predicted molar refractivity (Wildman–Crippen MR) is 64.8 cm³/mol. The van der Waals surface area contributed by atoms with Crippen LogP contribution in [0, 0.1) is 0 Å². The second-order valence-corrected chi connectivity index (χ2v) is 5.99. The van der Waals surface area contributed by atoms with Gasteiger partial charge in [0.25, 0.3) is 5.88 Å². The fourth-order valence-corrected chi connectivity index (χ4v) is 2.77. The number of aromatic nitrogens is 3. The van der Waals surface area contributed by atoms with Gasteiger partial charge in [0.15, 0.2) is 0 Å². The van der Waals surface area contributed by atoms with Crippen molar-refractivity contribution in [2.75, 3.05) is 0 Å². The molecule has 1 aliphatic heterocycles. The van der Waals surface area contributed by atoms with Crippen molar-refractivity contribution in [1.29, 1.82) is 0 Å². The van der Waals surface area contributed by atoms with Crippen molar-refractivity contribution < 1.29 is 4.74 Å². The van der Waals surface area contributed by atoms with Gasteiger partial charge in [0, 0.05) is 23.9 Å². The molecule has 0 unspecified atom stereocenters. The zero-order chi connectivity index (χ0) is 12.5. The van der Waals surface area contributed by atoms with E-state index in [1.165, 1.54) is 6.33 Å². The molecular formula is C12H20N4O. The van der Waals surface area contributed by atoms with E-state index in [9.17, 15) is 0 Å². The van der Waals surface area contributed by atoms with Crippen LogP contribution >= 0.6 is 0 Å². The summed E-state index contributed by atoms with van der Waals surface area (Å²) in [6, 6.07) is 0. The minimum absolute atomic E-state index is 0.0715. The van der Waals surface area contributed by atoms with Gasteiger partial charge in [0.05, 0.1) is 6.20 Å². The molecule has 2 rings (SSSR count). The van der Waals surface area contributed by atoms with Gasteiger partial charge >= 0.3 is 0 Å². The van der Waals surface area contributed by atoms with E-state index in [2.05, 4.69) is 48.2 Å². The second-order valence-electron chi connectivity index (χ2n) is 5.99. The van der Waals surface area contributed by atoms with E-state index in [0.717, 1.165) is 12.8 Å². The van der Waals surface area contributed by atoms with Crippen LogP contribution in [0.15, 0.2) is 12.5 Å². The summed E-state index contributed by atoms with van der Waals surface area (Å²) < 4.78 is 5.85. The van der Waals surface area contributed by atoms with Gasteiger partial charge in [-0.3, -0.25) is 0 Å². The third-order valence-electron chi connectivity index (χ3n) is 2.90. The lowest BCUT2D eigenvalue weighted by atomic mass is 9.81. The smallest absolute Gasteiger partial charge is 0.252 e. The number of hydrogen-bond acceptors (Lipinski definition) is 5. The summed E-state index contributed by atoms with van der Waals surface area (Å²) in [5.74, 6) is 0.506. The first-order chi connectivity index (χ1) is 7.86. The summed E-state index contributed by atoms with van der Waals surface area (Å²) in [5.41, 5.74) is 0.143. The molecule has 1 aromatic heterocycles. The molecule has 94 valence electrons. The number of nitrogens with one attached hydrogen (secondary N) is 1. The van der Waals surface area contributed by atoms with E-state index in [4.69, 9.17) is 4.74 Å². The summed E-state index contributed by atoms with van der Waals surface area (Å²) in [7, 11) is 0. The number of rotatable bonds is 2. The molecule has 2 heterocycles. The Kier molecular flexibility index (Phi) is 3.03. The molecule has 0 bridgehead atoms. The van der Waals surface area contributed by atoms with E-state index in [-0.39, 0.29) is 17.2 Å². The minimum atomic E-state index is 0.0715. The molecular weight excluding hydrogens is 216 g/mol. The minimum Gasteiger partial charge on any atom is -0.472 e. The van der Waals surface area contributed by atoms with Crippen molar-refractivity contribution in [1.82, 2.24) is 20.5 Å². The topological polar surface area (TPSA) is 59.9 Å². The second kappa shape index (κ2) is 4.22. The number of hydrogen-bond donors (Lipinski definition) is 1. The van der Waals surface area contributed by atoms with Crippen LogP contribution in [-0.4, -0.2) is 32.4 Å². The highest BCUT2D eigenvalue weighted by Gasteiger charge is 2.38. The Morgan fingerprint density at radius 2 is 1.88 bits per heavy atom. The molecule has 1 saturated heterocycles. The average Bonchev–Trinajstić information content (AvgIpc) is 2.13. The molecule has 0 amide bonds. The molecule has 0 spiro atoms. The molecule has 5 nitrogen and oxygen atoms in total. The predicted octanol–water partition coefficient (Wildman–Crippen LogP) is 1.56. The Labute approximate surface area is 102 Å². The van der Waals surface area contributed by atoms with Gasteiger partial charge in [0.1, 0.15) is 12.4 Å². The van der Waals surface area contributed by atoms with Crippen LogP contribution in [0.1, 0.15) is 40.5 Å². The number of ether oxygens (including phenoxy) is 1. The average molecular weight is 236 g/mol. The largest absolute Gasteiger partial charge is 0.472 e. The number of piperidine rings is 1. The van der Waals surface area contributed by atoms with Crippen LogP contribution in [0.2, 0.25) is 0 Å². The van der Waals surface area contributed by atoms with E-state index in [1.54, 1.807) is 6.20 Å². The molecule has 0 saturated carbocycles. The Morgan fingerprint density at radius 3 is 2.41 bits per heavy atom. The summed E-state index contributed by atoms with van der Waals surface area (Å²) in [6.07, 6.45) is 5.07. The standard InChI is InChI=1S/C12H20N4O/c1-11(2)5-9(6-12(3,4)16-11)17-10-7-13-8-14-15-10/h7-9,16H,5-6H2,1-4H3. The van der Waals surface area contributed by atoms with Crippen molar-refractivity contribution in [2.24, 2.45) is 0 Å². The summed E-state index contributed by atoms with van der Waals surface area (Å²) in [6.45, 7) is 8.77. The first-order valence-corrected chi connectivity index (χ1v) is 5.95. The monoisotopic (exact) mass is 236 g/mol. The van der Waals surface area contributed by atoms with Gasteiger partial charge in [-0.05, 0) is 27.7 Å². The summed E-state index contributed by atoms with van der Waals surface area (Å²) >= 11 is 0. The Bertz CT molecular complexity index is 361. The maximum Gasteiger partial charge on any atom is 0.252 e. The van der Waals surface area contributed by atoms with Crippen molar-refractivity contribution in [3.63, 3.8) is 0 Å². The van der Waals surface area contributed by atoms with E-state index in [0.29, 0.717) is 5.88 Å². The van der Waals surface area contributed by atoms with E-state index < -0.39 is 0 Å². The third-order valence-corrected chi connectivity index (χ3v) is 2.90. The van der Waals surface area contributed by atoms with Crippen LogP contribution < -0.4 is 10.1 Å².